The SMILES string of the molecule is CC(C)CCNC(=O)C(C)Nc1c(Cl)cccc1Cl. The Morgan fingerprint density at radius 1 is 1.21 bits per heavy atom. The van der Waals surface area contributed by atoms with Gasteiger partial charge in [0.1, 0.15) is 6.04 Å². The summed E-state index contributed by atoms with van der Waals surface area (Å²) in [6, 6.07) is 4.85. The van der Waals surface area contributed by atoms with Gasteiger partial charge in [-0.3, -0.25) is 4.79 Å². The molecule has 0 aliphatic rings. The Bertz CT molecular complexity index is 415. The molecular formula is C14H20Cl2N2O. The number of hydrogen-bond donors (Lipinski definition) is 2. The van der Waals surface area contributed by atoms with Gasteiger partial charge in [0, 0.05) is 6.54 Å². The second kappa shape index (κ2) is 7.61. The van der Waals surface area contributed by atoms with Crippen LogP contribution in [0.3, 0.4) is 0 Å². The van der Waals surface area contributed by atoms with Crippen LogP contribution >= 0.6 is 23.2 Å². The molecule has 3 nitrogen and oxygen atoms in total. The van der Waals surface area contributed by atoms with Gasteiger partial charge in [-0.1, -0.05) is 43.1 Å². The van der Waals surface area contributed by atoms with E-state index in [0.717, 1.165) is 6.42 Å². The van der Waals surface area contributed by atoms with Crippen LogP contribution in [0, 0.1) is 5.92 Å². The van der Waals surface area contributed by atoms with Gasteiger partial charge in [0.05, 0.1) is 15.7 Å². The largest absolute Gasteiger partial charge is 0.371 e. The van der Waals surface area contributed by atoms with Crippen molar-refractivity contribution >= 4 is 34.8 Å². The van der Waals surface area contributed by atoms with Crippen molar-refractivity contribution in [2.24, 2.45) is 5.92 Å². The smallest absolute Gasteiger partial charge is 0.242 e. The molecule has 1 amide bonds. The van der Waals surface area contributed by atoms with E-state index in [1.165, 1.54) is 0 Å². The van der Waals surface area contributed by atoms with Gasteiger partial charge in [-0.05, 0) is 31.4 Å². The predicted molar refractivity (Wildman–Crippen MR) is 82.0 cm³/mol. The first-order valence-corrected chi connectivity index (χ1v) is 7.15. The van der Waals surface area contributed by atoms with Crippen molar-refractivity contribution in [3.05, 3.63) is 28.2 Å². The van der Waals surface area contributed by atoms with Gasteiger partial charge in [0.2, 0.25) is 5.91 Å². The summed E-state index contributed by atoms with van der Waals surface area (Å²) >= 11 is 12.1. The summed E-state index contributed by atoms with van der Waals surface area (Å²) in [7, 11) is 0. The van der Waals surface area contributed by atoms with E-state index < -0.39 is 0 Å². The third-order valence-corrected chi connectivity index (χ3v) is 3.37. The Hall–Kier alpha value is -0.930. The molecule has 1 unspecified atom stereocenters. The number of anilines is 1. The Balaban J connectivity index is 2.54. The molecule has 106 valence electrons. The van der Waals surface area contributed by atoms with E-state index in [4.69, 9.17) is 23.2 Å². The molecule has 0 saturated carbocycles. The first-order valence-electron chi connectivity index (χ1n) is 6.40. The highest BCUT2D eigenvalue weighted by molar-refractivity contribution is 6.39. The van der Waals surface area contributed by atoms with Crippen molar-refractivity contribution in [3.8, 4) is 0 Å². The van der Waals surface area contributed by atoms with Gasteiger partial charge in [-0.15, -0.1) is 0 Å². The highest BCUT2D eigenvalue weighted by Gasteiger charge is 2.15. The van der Waals surface area contributed by atoms with E-state index >= 15 is 0 Å². The fourth-order valence-corrected chi connectivity index (χ4v) is 2.06. The number of nitrogens with one attached hydrogen (secondary N) is 2. The molecule has 2 N–H and O–H groups in total. The van der Waals surface area contributed by atoms with Crippen molar-refractivity contribution in [2.45, 2.75) is 33.2 Å². The molecule has 0 radical (unpaired) electrons. The lowest BCUT2D eigenvalue weighted by atomic mass is 10.1. The van der Waals surface area contributed by atoms with Crippen LogP contribution in [0.15, 0.2) is 18.2 Å². The Kier molecular flexibility index (Phi) is 6.46. The summed E-state index contributed by atoms with van der Waals surface area (Å²) in [6.07, 6.45) is 0.964. The van der Waals surface area contributed by atoms with Crippen LogP contribution in [0.5, 0.6) is 0 Å². The maximum atomic E-state index is 11.9. The third-order valence-electron chi connectivity index (χ3n) is 2.74. The predicted octanol–water partition coefficient (Wildman–Crippen LogP) is 3.96. The highest BCUT2D eigenvalue weighted by atomic mass is 35.5. The maximum Gasteiger partial charge on any atom is 0.242 e. The number of amides is 1. The van der Waals surface area contributed by atoms with Crippen LogP contribution in [0.1, 0.15) is 27.2 Å². The molecule has 0 fully saturated rings. The lowest BCUT2D eigenvalue weighted by Crippen LogP contribution is -2.38. The number of rotatable bonds is 6. The second-order valence-electron chi connectivity index (χ2n) is 4.94. The van der Waals surface area contributed by atoms with Crippen LogP contribution in [-0.2, 0) is 4.79 Å². The molecule has 0 aliphatic carbocycles. The zero-order valence-corrected chi connectivity index (χ0v) is 13.0. The molecule has 0 aromatic heterocycles. The summed E-state index contributed by atoms with van der Waals surface area (Å²) in [6.45, 7) is 6.71. The van der Waals surface area contributed by atoms with Crippen LogP contribution < -0.4 is 10.6 Å². The topological polar surface area (TPSA) is 41.1 Å². The average Bonchev–Trinajstić information content (AvgIpc) is 2.33. The summed E-state index contributed by atoms with van der Waals surface area (Å²) in [4.78, 5) is 11.9. The summed E-state index contributed by atoms with van der Waals surface area (Å²) < 4.78 is 0. The Morgan fingerprint density at radius 3 is 2.32 bits per heavy atom. The van der Waals surface area contributed by atoms with Gasteiger partial charge in [0.15, 0.2) is 0 Å². The van der Waals surface area contributed by atoms with Crippen molar-refractivity contribution < 1.29 is 4.79 Å². The standard InChI is InChI=1S/C14H20Cl2N2O/c1-9(2)7-8-17-14(19)10(3)18-13-11(15)5-4-6-12(13)16/h4-6,9-10,18H,7-8H2,1-3H3,(H,17,19). The average molecular weight is 303 g/mol. The lowest BCUT2D eigenvalue weighted by molar-refractivity contribution is -0.121. The monoisotopic (exact) mass is 302 g/mol. The molecule has 5 heteroatoms. The van der Waals surface area contributed by atoms with Crippen molar-refractivity contribution in [2.75, 3.05) is 11.9 Å². The first-order chi connectivity index (χ1) is 8.91. The molecule has 0 bridgehead atoms. The van der Waals surface area contributed by atoms with E-state index in [2.05, 4.69) is 24.5 Å². The summed E-state index contributed by atoms with van der Waals surface area (Å²) in [5.41, 5.74) is 0.595. The van der Waals surface area contributed by atoms with Gasteiger partial charge < -0.3 is 10.6 Å². The highest BCUT2D eigenvalue weighted by Crippen LogP contribution is 2.30. The molecule has 1 aromatic rings. The van der Waals surface area contributed by atoms with Crippen molar-refractivity contribution in [1.29, 1.82) is 0 Å². The fraction of sp³-hybridized carbons (Fsp3) is 0.500. The van der Waals surface area contributed by atoms with Crippen LogP contribution in [0.2, 0.25) is 10.0 Å². The molecule has 19 heavy (non-hydrogen) atoms. The molecule has 0 spiro atoms. The second-order valence-corrected chi connectivity index (χ2v) is 5.75. The maximum absolute atomic E-state index is 11.9. The van der Waals surface area contributed by atoms with Crippen LogP contribution in [0.25, 0.3) is 0 Å². The van der Waals surface area contributed by atoms with Gasteiger partial charge in [0.25, 0.3) is 0 Å². The summed E-state index contributed by atoms with van der Waals surface area (Å²) in [5, 5.41) is 6.94. The molecule has 1 atom stereocenters. The summed E-state index contributed by atoms with van der Waals surface area (Å²) in [5.74, 6) is 0.512. The van der Waals surface area contributed by atoms with Gasteiger partial charge in [-0.25, -0.2) is 0 Å². The molecule has 0 aliphatic heterocycles. The number of para-hydroxylation sites is 1. The van der Waals surface area contributed by atoms with E-state index in [-0.39, 0.29) is 11.9 Å². The van der Waals surface area contributed by atoms with Gasteiger partial charge in [-0.2, -0.15) is 0 Å². The normalized spacial score (nSPS) is 12.3. The quantitative estimate of drug-likeness (QED) is 0.835. The minimum atomic E-state index is -0.385. The van der Waals surface area contributed by atoms with E-state index in [1.54, 1.807) is 25.1 Å². The minimum absolute atomic E-state index is 0.0587. The van der Waals surface area contributed by atoms with E-state index in [0.29, 0.717) is 28.2 Å². The van der Waals surface area contributed by atoms with Crippen LogP contribution in [0.4, 0.5) is 5.69 Å². The van der Waals surface area contributed by atoms with Crippen molar-refractivity contribution in [1.82, 2.24) is 5.32 Å². The number of carbonyl (C=O) groups is 1. The minimum Gasteiger partial charge on any atom is -0.371 e. The lowest BCUT2D eigenvalue weighted by Gasteiger charge is -2.17. The molecule has 0 saturated heterocycles. The molecule has 1 aromatic carbocycles. The third kappa shape index (κ3) is 5.29. The molecular weight excluding hydrogens is 283 g/mol. The number of halogens is 2. The number of carbonyl (C=O) groups excluding carboxylic acids is 1. The Morgan fingerprint density at radius 2 is 1.79 bits per heavy atom. The zero-order valence-electron chi connectivity index (χ0n) is 11.5. The fourth-order valence-electron chi connectivity index (χ4n) is 1.55. The number of hydrogen-bond acceptors (Lipinski definition) is 2. The van der Waals surface area contributed by atoms with E-state index in [1.807, 2.05) is 0 Å². The van der Waals surface area contributed by atoms with E-state index in [9.17, 15) is 4.79 Å². The zero-order chi connectivity index (χ0) is 14.4. The van der Waals surface area contributed by atoms with Gasteiger partial charge >= 0.3 is 0 Å². The molecule has 0 heterocycles. The van der Waals surface area contributed by atoms with Crippen LogP contribution in [-0.4, -0.2) is 18.5 Å². The first kappa shape index (κ1) is 16.1. The number of benzene rings is 1. The molecule has 1 rings (SSSR count). The van der Waals surface area contributed by atoms with Crippen molar-refractivity contribution in [3.63, 3.8) is 0 Å². The Labute approximate surface area is 124 Å².